The molecule has 4 rings (SSSR count). The van der Waals surface area contributed by atoms with E-state index in [1.165, 1.54) is 19.1 Å². The Hall–Kier alpha value is -3.23. The highest BCUT2D eigenvalue weighted by Crippen LogP contribution is 2.24. The molecule has 2 aromatic rings. The lowest BCUT2D eigenvalue weighted by Crippen LogP contribution is -2.50. The summed E-state index contributed by atoms with van der Waals surface area (Å²) in [5.74, 6) is -1.18. The number of benzene rings is 1. The number of carbonyl (C=O) groups excluding carboxylic acids is 3. The van der Waals surface area contributed by atoms with E-state index >= 15 is 0 Å². The molecule has 2 aliphatic heterocycles. The van der Waals surface area contributed by atoms with E-state index < -0.39 is 11.7 Å². The summed E-state index contributed by atoms with van der Waals surface area (Å²) >= 11 is 0. The molecular weight excluding hydrogens is 377 g/mol. The van der Waals surface area contributed by atoms with Gasteiger partial charge in [0.2, 0.25) is 5.91 Å². The topological polar surface area (TPSA) is 89.6 Å². The summed E-state index contributed by atoms with van der Waals surface area (Å²) in [6.45, 7) is 4.01. The zero-order chi connectivity index (χ0) is 20.5. The Kier molecular flexibility index (Phi) is 5.04. The van der Waals surface area contributed by atoms with Crippen molar-refractivity contribution in [3.05, 3.63) is 52.6 Å². The van der Waals surface area contributed by atoms with E-state index in [-0.39, 0.29) is 23.9 Å². The first-order valence-electron chi connectivity index (χ1n) is 9.60. The average Bonchev–Trinajstić information content (AvgIpc) is 3.16. The quantitative estimate of drug-likeness (QED) is 0.818. The molecule has 1 aromatic heterocycles. The molecule has 2 aliphatic rings. The minimum atomic E-state index is -0.560. The van der Waals surface area contributed by atoms with Gasteiger partial charge >= 0.3 is 0 Å². The third kappa shape index (κ3) is 3.59. The first-order valence-corrected chi connectivity index (χ1v) is 9.60. The van der Waals surface area contributed by atoms with Crippen molar-refractivity contribution in [2.75, 3.05) is 32.7 Å². The van der Waals surface area contributed by atoms with Gasteiger partial charge in [-0.1, -0.05) is 12.1 Å². The first kappa shape index (κ1) is 19.1. The highest BCUT2D eigenvalue weighted by molar-refractivity contribution is 5.96. The van der Waals surface area contributed by atoms with Gasteiger partial charge in [0, 0.05) is 57.3 Å². The number of nitrogens with one attached hydrogen (secondary N) is 1. The standard InChI is InChI=1S/C20H22FN5O3/c1-13(27)24-8-10-25(11-9-24)20(29)18-15-12-26(7-6-17(15)22-23-18)19(28)14-4-2-3-5-16(14)21/h2-5H,6-12H2,1H3,(H,22,23). The number of H-pyrrole nitrogens is 1. The van der Waals surface area contributed by atoms with Crippen LogP contribution in [0.1, 0.15) is 39.0 Å². The average molecular weight is 399 g/mol. The fourth-order valence-corrected chi connectivity index (χ4v) is 3.82. The smallest absolute Gasteiger partial charge is 0.274 e. The third-order valence-corrected chi connectivity index (χ3v) is 5.54. The van der Waals surface area contributed by atoms with Gasteiger partial charge in [-0.3, -0.25) is 19.5 Å². The van der Waals surface area contributed by atoms with Crippen LogP contribution in [0.15, 0.2) is 24.3 Å². The lowest BCUT2D eigenvalue weighted by molar-refractivity contribution is -0.130. The van der Waals surface area contributed by atoms with Gasteiger partial charge in [0.05, 0.1) is 12.1 Å². The van der Waals surface area contributed by atoms with Crippen LogP contribution < -0.4 is 0 Å². The minimum Gasteiger partial charge on any atom is -0.339 e. The van der Waals surface area contributed by atoms with Crippen LogP contribution in [0.5, 0.6) is 0 Å². The van der Waals surface area contributed by atoms with Crippen LogP contribution in [0.4, 0.5) is 4.39 Å². The van der Waals surface area contributed by atoms with Crippen molar-refractivity contribution in [3.63, 3.8) is 0 Å². The number of carbonyl (C=O) groups is 3. The summed E-state index contributed by atoms with van der Waals surface area (Å²) in [6.07, 6.45) is 0.522. The Morgan fingerprint density at radius 2 is 1.66 bits per heavy atom. The molecule has 0 saturated carbocycles. The third-order valence-electron chi connectivity index (χ3n) is 5.54. The maximum Gasteiger partial charge on any atom is 0.274 e. The number of piperazine rings is 1. The zero-order valence-electron chi connectivity index (χ0n) is 16.2. The molecule has 29 heavy (non-hydrogen) atoms. The summed E-state index contributed by atoms with van der Waals surface area (Å²) in [6, 6.07) is 5.89. The predicted molar refractivity (Wildman–Crippen MR) is 102 cm³/mol. The molecule has 0 atom stereocenters. The molecule has 0 aliphatic carbocycles. The van der Waals surface area contributed by atoms with Crippen molar-refractivity contribution >= 4 is 17.7 Å². The maximum atomic E-state index is 14.0. The lowest BCUT2D eigenvalue weighted by atomic mass is 10.0. The van der Waals surface area contributed by atoms with Gasteiger partial charge in [-0.25, -0.2) is 4.39 Å². The molecule has 0 bridgehead atoms. The number of halogens is 1. The highest BCUT2D eigenvalue weighted by atomic mass is 19.1. The number of amides is 3. The van der Waals surface area contributed by atoms with Gasteiger partial charge in [0.25, 0.3) is 11.8 Å². The molecular formula is C20H22FN5O3. The van der Waals surface area contributed by atoms with Gasteiger partial charge in [0.15, 0.2) is 5.69 Å². The molecule has 1 N–H and O–H groups in total. The van der Waals surface area contributed by atoms with E-state index in [1.54, 1.807) is 26.8 Å². The normalized spacial score (nSPS) is 16.6. The van der Waals surface area contributed by atoms with E-state index in [0.29, 0.717) is 50.4 Å². The van der Waals surface area contributed by atoms with E-state index in [1.807, 2.05) is 0 Å². The second kappa shape index (κ2) is 7.65. The van der Waals surface area contributed by atoms with Crippen molar-refractivity contribution in [1.82, 2.24) is 24.9 Å². The van der Waals surface area contributed by atoms with Crippen LogP contribution >= 0.6 is 0 Å². The number of nitrogens with zero attached hydrogens (tertiary/aromatic N) is 4. The zero-order valence-corrected chi connectivity index (χ0v) is 16.2. The number of aromatic amines is 1. The van der Waals surface area contributed by atoms with Crippen LogP contribution in [0.2, 0.25) is 0 Å². The molecule has 8 nitrogen and oxygen atoms in total. The largest absolute Gasteiger partial charge is 0.339 e. The fourth-order valence-electron chi connectivity index (χ4n) is 3.82. The molecule has 1 saturated heterocycles. The summed E-state index contributed by atoms with van der Waals surface area (Å²) in [5, 5.41) is 7.11. The van der Waals surface area contributed by atoms with Gasteiger partial charge < -0.3 is 14.7 Å². The van der Waals surface area contributed by atoms with Crippen LogP contribution in [-0.4, -0.2) is 75.3 Å². The molecule has 152 valence electrons. The Bertz CT molecular complexity index is 965. The molecule has 9 heteroatoms. The van der Waals surface area contributed by atoms with Crippen molar-refractivity contribution in [3.8, 4) is 0 Å². The number of hydrogen-bond donors (Lipinski definition) is 1. The van der Waals surface area contributed by atoms with E-state index in [2.05, 4.69) is 10.2 Å². The second-order valence-corrected chi connectivity index (χ2v) is 7.28. The molecule has 1 fully saturated rings. The number of aromatic nitrogens is 2. The number of fused-ring (bicyclic) bond motifs is 1. The Morgan fingerprint density at radius 1 is 0.966 bits per heavy atom. The van der Waals surface area contributed by atoms with Crippen molar-refractivity contribution in [1.29, 1.82) is 0 Å². The van der Waals surface area contributed by atoms with Crippen LogP contribution in [0.25, 0.3) is 0 Å². The molecule has 1 aromatic carbocycles. The molecule has 3 heterocycles. The van der Waals surface area contributed by atoms with Gasteiger partial charge in [-0.2, -0.15) is 5.10 Å². The van der Waals surface area contributed by atoms with E-state index in [4.69, 9.17) is 0 Å². The van der Waals surface area contributed by atoms with Crippen molar-refractivity contribution < 1.29 is 18.8 Å². The lowest BCUT2D eigenvalue weighted by Gasteiger charge is -2.34. The van der Waals surface area contributed by atoms with Crippen LogP contribution in [-0.2, 0) is 17.8 Å². The Balaban J connectivity index is 1.50. The number of hydrogen-bond acceptors (Lipinski definition) is 4. The molecule has 0 radical (unpaired) electrons. The SMILES string of the molecule is CC(=O)N1CCN(C(=O)c2n[nH]c3c2CN(C(=O)c2ccccc2F)CC3)CC1. The van der Waals surface area contributed by atoms with Crippen molar-refractivity contribution in [2.45, 2.75) is 19.9 Å². The molecule has 3 amide bonds. The van der Waals surface area contributed by atoms with E-state index in [0.717, 1.165) is 5.69 Å². The summed E-state index contributed by atoms with van der Waals surface area (Å²) < 4.78 is 14.0. The Morgan fingerprint density at radius 3 is 2.34 bits per heavy atom. The van der Waals surface area contributed by atoms with Crippen LogP contribution in [0, 0.1) is 5.82 Å². The predicted octanol–water partition coefficient (Wildman–Crippen LogP) is 1.05. The van der Waals surface area contributed by atoms with E-state index in [9.17, 15) is 18.8 Å². The number of rotatable bonds is 2. The summed E-state index contributed by atoms with van der Waals surface area (Å²) in [7, 11) is 0. The monoisotopic (exact) mass is 399 g/mol. The second-order valence-electron chi connectivity index (χ2n) is 7.28. The van der Waals surface area contributed by atoms with Gasteiger partial charge in [0.1, 0.15) is 5.82 Å². The highest BCUT2D eigenvalue weighted by Gasteiger charge is 2.32. The van der Waals surface area contributed by atoms with Crippen molar-refractivity contribution in [2.24, 2.45) is 0 Å². The van der Waals surface area contributed by atoms with Crippen LogP contribution in [0.3, 0.4) is 0 Å². The van der Waals surface area contributed by atoms with Gasteiger partial charge in [-0.15, -0.1) is 0 Å². The molecule has 0 spiro atoms. The Labute approximate surface area is 167 Å². The molecule has 0 unspecified atom stereocenters. The fraction of sp³-hybridized carbons (Fsp3) is 0.400. The summed E-state index contributed by atoms with van der Waals surface area (Å²) in [4.78, 5) is 42.1. The minimum absolute atomic E-state index is 0.00320. The van der Waals surface area contributed by atoms with Gasteiger partial charge in [-0.05, 0) is 12.1 Å². The maximum absolute atomic E-state index is 14.0. The first-order chi connectivity index (χ1) is 14.0. The summed E-state index contributed by atoms with van der Waals surface area (Å²) in [5.41, 5.74) is 1.82.